The van der Waals surface area contributed by atoms with E-state index in [9.17, 15) is 18.0 Å². The highest BCUT2D eigenvalue weighted by Gasteiger charge is 2.63. The van der Waals surface area contributed by atoms with Crippen LogP contribution in [0.2, 0.25) is 0 Å². The van der Waals surface area contributed by atoms with Gasteiger partial charge < -0.3 is 10.6 Å². The lowest BCUT2D eigenvalue weighted by Gasteiger charge is -2.58. The molecule has 150 valence electrons. The first-order chi connectivity index (χ1) is 13.3. The van der Waals surface area contributed by atoms with Gasteiger partial charge in [0.1, 0.15) is 6.54 Å². The third-order valence-corrected chi connectivity index (χ3v) is 6.83. The smallest absolute Gasteiger partial charge is 0.388 e. The normalized spacial score (nSPS) is 29.0. The average molecular weight is 393 g/mol. The third kappa shape index (κ3) is 2.52. The van der Waals surface area contributed by atoms with Crippen LogP contribution in [0, 0.1) is 5.92 Å². The van der Waals surface area contributed by atoms with Crippen molar-refractivity contribution in [2.45, 2.75) is 43.6 Å². The summed E-state index contributed by atoms with van der Waals surface area (Å²) in [5, 5.41) is 10.5. The van der Waals surface area contributed by atoms with Crippen LogP contribution < -0.4 is 10.6 Å². The number of halogens is 3. The van der Waals surface area contributed by atoms with Crippen molar-refractivity contribution in [2.75, 3.05) is 25.5 Å². The molecule has 5 rings (SSSR count). The van der Waals surface area contributed by atoms with E-state index < -0.39 is 18.6 Å². The van der Waals surface area contributed by atoms with Crippen LogP contribution in [0.25, 0.3) is 10.9 Å². The minimum Gasteiger partial charge on any atom is -0.388 e. The molecule has 1 aromatic carbocycles. The molecule has 1 amide bonds. The first kappa shape index (κ1) is 17.8. The number of carbonyl (C=O) groups is 1. The zero-order valence-electron chi connectivity index (χ0n) is 15.5. The van der Waals surface area contributed by atoms with Gasteiger partial charge in [-0.3, -0.25) is 14.4 Å². The molecule has 1 aliphatic carbocycles. The van der Waals surface area contributed by atoms with Crippen molar-refractivity contribution in [1.29, 1.82) is 0 Å². The van der Waals surface area contributed by atoms with Gasteiger partial charge in [0.05, 0.1) is 5.52 Å². The van der Waals surface area contributed by atoms with E-state index >= 15 is 0 Å². The molecule has 2 N–H and O–H groups in total. The van der Waals surface area contributed by atoms with E-state index in [4.69, 9.17) is 0 Å². The van der Waals surface area contributed by atoms with Gasteiger partial charge in [-0.05, 0) is 43.4 Å². The topological polar surface area (TPSA) is 62.2 Å². The number of nitrogens with one attached hydrogen (secondary N) is 2. The van der Waals surface area contributed by atoms with E-state index in [1.54, 1.807) is 25.2 Å². The van der Waals surface area contributed by atoms with Crippen LogP contribution in [0.15, 0.2) is 18.2 Å². The molecule has 28 heavy (non-hydrogen) atoms. The number of amides is 1. The van der Waals surface area contributed by atoms with E-state index in [0.717, 1.165) is 29.9 Å². The lowest BCUT2D eigenvalue weighted by Crippen LogP contribution is -2.64. The maximum Gasteiger partial charge on any atom is 0.408 e. The number of aromatic nitrogens is 2. The minimum atomic E-state index is -4.41. The van der Waals surface area contributed by atoms with Gasteiger partial charge in [-0.25, -0.2) is 0 Å². The van der Waals surface area contributed by atoms with Gasteiger partial charge in [0.15, 0.2) is 5.69 Å². The predicted molar refractivity (Wildman–Crippen MR) is 98.2 cm³/mol. The second-order valence-corrected chi connectivity index (χ2v) is 8.13. The molecule has 2 aliphatic heterocycles. The fourth-order valence-electron chi connectivity index (χ4n) is 5.29. The maximum absolute atomic E-state index is 13.0. The molecule has 2 aromatic rings. The van der Waals surface area contributed by atoms with E-state index in [0.29, 0.717) is 16.8 Å². The molecule has 3 fully saturated rings. The average Bonchev–Trinajstić information content (AvgIpc) is 2.99. The van der Waals surface area contributed by atoms with E-state index in [1.807, 2.05) is 0 Å². The number of hydrogen-bond donors (Lipinski definition) is 2. The largest absolute Gasteiger partial charge is 0.408 e. The number of rotatable bonds is 4. The summed E-state index contributed by atoms with van der Waals surface area (Å²) in [6.07, 6.45) is -0.962. The van der Waals surface area contributed by atoms with Crippen LogP contribution in [0.1, 0.15) is 29.8 Å². The van der Waals surface area contributed by atoms with Crippen molar-refractivity contribution in [1.82, 2.24) is 20.0 Å². The van der Waals surface area contributed by atoms with Crippen LogP contribution in [0.3, 0.4) is 0 Å². The summed E-state index contributed by atoms with van der Waals surface area (Å²) in [7, 11) is 1.72. The van der Waals surface area contributed by atoms with Gasteiger partial charge in [0, 0.05) is 42.8 Å². The summed E-state index contributed by atoms with van der Waals surface area (Å²) in [6, 6.07) is 4.97. The third-order valence-electron chi connectivity index (χ3n) is 6.83. The molecule has 3 aliphatic rings. The van der Waals surface area contributed by atoms with Gasteiger partial charge in [-0.1, -0.05) is 0 Å². The first-order valence-electron chi connectivity index (χ1n) is 9.62. The first-order valence-corrected chi connectivity index (χ1v) is 9.62. The highest BCUT2D eigenvalue weighted by atomic mass is 19.4. The van der Waals surface area contributed by atoms with Gasteiger partial charge >= 0.3 is 6.18 Å². The molecule has 6 nitrogen and oxygen atoms in total. The van der Waals surface area contributed by atoms with Crippen LogP contribution >= 0.6 is 0 Å². The highest BCUT2D eigenvalue weighted by Crippen LogP contribution is 2.57. The molecular formula is C19H22F3N5O. The van der Waals surface area contributed by atoms with Crippen molar-refractivity contribution < 1.29 is 18.0 Å². The fourth-order valence-corrected chi connectivity index (χ4v) is 5.29. The zero-order chi connectivity index (χ0) is 19.7. The highest BCUT2D eigenvalue weighted by molar-refractivity contribution is 6.05. The van der Waals surface area contributed by atoms with E-state index in [1.165, 1.54) is 12.8 Å². The van der Waals surface area contributed by atoms with Crippen LogP contribution in [0.4, 0.5) is 18.9 Å². The van der Waals surface area contributed by atoms with Crippen molar-refractivity contribution in [2.24, 2.45) is 5.92 Å². The number of alkyl halides is 3. The van der Waals surface area contributed by atoms with Crippen LogP contribution in [0.5, 0.6) is 0 Å². The molecule has 1 spiro atoms. The van der Waals surface area contributed by atoms with E-state index in [-0.39, 0.29) is 17.3 Å². The number of nitrogens with zero attached hydrogens (tertiary/aromatic N) is 3. The van der Waals surface area contributed by atoms with Crippen LogP contribution in [-0.4, -0.2) is 58.5 Å². The van der Waals surface area contributed by atoms with Gasteiger partial charge in [0.25, 0.3) is 5.91 Å². The molecule has 1 saturated carbocycles. The number of benzene rings is 1. The van der Waals surface area contributed by atoms with Crippen molar-refractivity contribution >= 4 is 22.5 Å². The summed E-state index contributed by atoms with van der Waals surface area (Å²) >= 11 is 0. The lowest BCUT2D eigenvalue weighted by atomic mass is 9.61. The monoisotopic (exact) mass is 393 g/mol. The quantitative estimate of drug-likeness (QED) is 0.838. The Labute approximate surface area is 160 Å². The summed E-state index contributed by atoms with van der Waals surface area (Å²) in [6.45, 7) is 0.662. The second-order valence-electron chi connectivity index (χ2n) is 8.13. The van der Waals surface area contributed by atoms with Gasteiger partial charge in [-0.15, -0.1) is 0 Å². The number of anilines is 1. The Kier molecular flexibility index (Phi) is 3.72. The summed E-state index contributed by atoms with van der Waals surface area (Å²) in [5.74, 6) is 0.0512. The summed E-state index contributed by atoms with van der Waals surface area (Å²) in [5.41, 5.74) is 1.35. The van der Waals surface area contributed by atoms with Gasteiger partial charge in [0.2, 0.25) is 0 Å². The predicted octanol–water partition coefficient (Wildman–Crippen LogP) is 2.61. The van der Waals surface area contributed by atoms with Crippen molar-refractivity contribution in [3.63, 3.8) is 0 Å². The molecular weight excluding hydrogens is 371 g/mol. The van der Waals surface area contributed by atoms with Crippen molar-refractivity contribution in [3.8, 4) is 0 Å². The molecule has 9 heteroatoms. The molecule has 0 radical (unpaired) electrons. The molecule has 3 atom stereocenters. The SMILES string of the molecule is CNc1ccc2c(c1)c(C(=O)NC1CN3CCC34CCC14)nn2CC(F)(F)F. The Morgan fingerprint density at radius 3 is 2.75 bits per heavy atom. The molecule has 3 unspecified atom stereocenters. The fraction of sp³-hybridized carbons (Fsp3) is 0.579. The minimum absolute atomic E-state index is 0.0408. The van der Waals surface area contributed by atoms with Crippen LogP contribution in [-0.2, 0) is 6.54 Å². The summed E-state index contributed by atoms with van der Waals surface area (Å²) < 4.78 is 39.8. The standard InChI is InChI=1S/C19H22F3N5O/c1-23-11-2-3-15-12(8-11)16(25-27(15)10-19(20,21)22)17(28)24-14-9-26-7-6-18(26)5-4-13(14)18/h2-3,8,13-14,23H,4-7,9-10H2,1H3,(H,24,28). The number of hydrogen-bond acceptors (Lipinski definition) is 4. The molecule has 1 aromatic heterocycles. The number of fused-ring (bicyclic) bond motifs is 1. The number of carbonyl (C=O) groups excluding carboxylic acids is 1. The molecule has 0 bridgehead atoms. The maximum atomic E-state index is 13.0. The Balaban J connectivity index is 1.46. The summed E-state index contributed by atoms with van der Waals surface area (Å²) in [4.78, 5) is 15.4. The van der Waals surface area contributed by atoms with Gasteiger partial charge in [-0.2, -0.15) is 18.3 Å². The Morgan fingerprint density at radius 2 is 2.18 bits per heavy atom. The Hall–Kier alpha value is -2.29. The van der Waals surface area contributed by atoms with E-state index in [2.05, 4.69) is 20.6 Å². The second kappa shape index (κ2) is 5.85. The van der Waals surface area contributed by atoms with Crippen molar-refractivity contribution in [3.05, 3.63) is 23.9 Å². The molecule has 2 saturated heterocycles. The zero-order valence-corrected chi connectivity index (χ0v) is 15.5. The lowest BCUT2D eigenvalue weighted by molar-refractivity contribution is -0.141. The Morgan fingerprint density at radius 1 is 1.36 bits per heavy atom. The Bertz CT molecular complexity index is 951. The molecule has 3 heterocycles.